The van der Waals surface area contributed by atoms with E-state index < -0.39 is 0 Å². The summed E-state index contributed by atoms with van der Waals surface area (Å²) >= 11 is 0. The standard InChI is InChI=1S/C38H22O/c39-38-6-5-24-9-27-12-30-15-33-16-31-13-28-10-25-7-22-3-1-2-4-23(22)8-26(25)11-29(28)14-32(31)17-34(33)18-35(30)19-36(27)20-37(24)21-38/h1-21,39H. The van der Waals surface area contributed by atoms with Gasteiger partial charge in [0.05, 0.1) is 0 Å². The number of rotatable bonds is 0. The fraction of sp³-hybridized carbons (Fsp3) is 0. The molecule has 0 saturated heterocycles. The van der Waals surface area contributed by atoms with Crippen molar-refractivity contribution >= 4 is 86.2 Å². The zero-order valence-corrected chi connectivity index (χ0v) is 21.1. The molecule has 0 aliphatic carbocycles. The summed E-state index contributed by atoms with van der Waals surface area (Å²) in [6, 6.07) is 46.3. The average Bonchev–Trinajstić information content (AvgIpc) is 2.93. The van der Waals surface area contributed by atoms with Crippen LogP contribution in [0.25, 0.3) is 86.2 Å². The van der Waals surface area contributed by atoms with Crippen LogP contribution >= 0.6 is 0 Å². The van der Waals surface area contributed by atoms with Gasteiger partial charge < -0.3 is 5.11 Å². The van der Waals surface area contributed by atoms with Crippen molar-refractivity contribution in [2.75, 3.05) is 0 Å². The molecule has 0 aromatic heterocycles. The van der Waals surface area contributed by atoms with Gasteiger partial charge in [-0.05, 0) is 183 Å². The van der Waals surface area contributed by atoms with Gasteiger partial charge in [0.2, 0.25) is 0 Å². The second kappa shape index (κ2) is 7.46. The molecular weight excluding hydrogens is 472 g/mol. The Bertz CT molecular complexity index is 2500. The summed E-state index contributed by atoms with van der Waals surface area (Å²) in [5, 5.41) is 29.7. The molecule has 0 amide bonds. The van der Waals surface area contributed by atoms with Crippen LogP contribution < -0.4 is 0 Å². The Morgan fingerprint density at radius 2 is 0.462 bits per heavy atom. The van der Waals surface area contributed by atoms with Crippen LogP contribution in [0.1, 0.15) is 0 Å². The van der Waals surface area contributed by atoms with Crippen LogP contribution in [-0.2, 0) is 0 Å². The van der Waals surface area contributed by atoms with E-state index >= 15 is 0 Å². The molecule has 0 heterocycles. The normalized spacial score (nSPS) is 12.2. The molecule has 0 unspecified atom stereocenters. The van der Waals surface area contributed by atoms with Gasteiger partial charge in [-0.25, -0.2) is 0 Å². The Hall–Kier alpha value is -5.14. The maximum Gasteiger partial charge on any atom is 0.116 e. The first-order chi connectivity index (χ1) is 19.1. The SMILES string of the molecule is Oc1ccc2cc3cc4cc5cc6cc7cc8cc9ccccc9cc8cc7cc6cc5cc4cc3cc2c1. The largest absolute Gasteiger partial charge is 0.508 e. The molecule has 0 radical (unpaired) electrons. The number of hydrogen-bond donors (Lipinski definition) is 1. The fourth-order valence-corrected chi connectivity index (χ4v) is 6.44. The van der Waals surface area contributed by atoms with Crippen molar-refractivity contribution in [3.05, 3.63) is 127 Å². The van der Waals surface area contributed by atoms with E-state index in [0.29, 0.717) is 5.75 Å². The molecule has 1 N–H and O–H groups in total. The smallest absolute Gasteiger partial charge is 0.116 e. The minimum absolute atomic E-state index is 0.300. The van der Waals surface area contributed by atoms with Crippen LogP contribution in [0.2, 0.25) is 0 Å². The molecule has 9 rings (SSSR count). The molecule has 0 spiro atoms. The molecule has 0 aliphatic heterocycles. The molecule has 0 saturated carbocycles. The second-order valence-corrected chi connectivity index (χ2v) is 10.9. The molecule has 0 aliphatic rings. The van der Waals surface area contributed by atoms with Crippen LogP contribution in [0.5, 0.6) is 5.75 Å². The predicted molar refractivity (Wildman–Crippen MR) is 168 cm³/mol. The van der Waals surface area contributed by atoms with Crippen LogP contribution in [-0.4, -0.2) is 5.11 Å². The quantitative estimate of drug-likeness (QED) is 0.208. The van der Waals surface area contributed by atoms with Crippen LogP contribution in [0.15, 0.2) is 127 Å². The van der Waals surface area contributed by atoms with Crippen molar-refractivity contribution in [1.29, 1.82) is 0 Å². The lowest BCUT2D eigenvalue weighted by Crippen LogP contribution is -1.83. The Morgan fingerprint density at radius 1 is 0.231 bits per heavy atom. The van der Waals surface area contributed by atoms with Gasteiger partial charge in [0, 0.05) is 0 Å². The Morgan fingerprint density at radius 3 is 0.769 bits per heavy atom. The number of phenols is 1. The highest BCUT2D eigenvalue weighted by Gasteiger charge is 2.08. The summed E-state index contributed by atoms with van der Waals surface area (Å²) in [5.41, 5.74) is 0. The summed E-state index contributed by atoms with van der Waals surface area (Å²) in [7, 11) is 0. The maximum atomic E-state index is 9.94. The van der Waals surface area contributed by atoms with Crippen molar-refractivity contribution in [3.63, 3.8) is 0 Å². The lowest BCUT2D eigenvalue weighted by molar-refractivity contribution is 0.476. The minimum atomic E-state index is 0.300. The van der Waals surface area contributed by atoms with Crippen LogP contribution in [0, 0.1) is 0 Å². The van der Waals surface area contributed by atoms with E-state index in [0.717, 1.165) is 10.8 Å². The zero-order chi connectivity index (χ0) is 25.7. The highest BCUT2D eigenvalue weighted by Crippen LogP contribution is 2.35. The summed E-state index contributed by atoms with van der Waals surface area (Å²) in [6.45, 7) is 0. The van der Waals surface area contributed by atoms with Crippen molar-refractivity contribution in [3.8, 4) is 5.75 Å². The third-order valence-electron chi connectivity index (χ3n) is 8.42. The van der Waals surface area contributed by atoms with E-state index in [1.165, 1.54) is 75.4 Å². The van der Waals surface area contributed by atoms with Crippen molar-refractivity contribution in [2.45, 2.75) is 0 Å². The Balaban J connectivity index is 1.27. The van der Waals surface area contributed by atoms with Crippen molar-refractivity contribution in [1.82, 2.24) is 0 Å². The van der Waals surface area contributed by atoms with E-state index in [9.17, 15) is 5.11 Å². The second-order valence-electron chi connectivity index (χ2n) is 10.9. The van der Waals surface area contributed by atoms with Gasteiger partial charge in [-0.2, -0.15) is 0 Å². The van der Waals surface area contributed by atoms with Gasteiger partial charge in [-0.3, -0.25) is 0 Å². The van der Waals surface area contributed by atoms with E-state index in [1.807, 2.05) is 12.1 Å². The van der Waals surface area contributed by atoms with Gasteiger partial charge >= 0.3 is 0 Å². The van der Waals surface area contributed by atoms with Crippen LogP contribution in [0.3, 0.4) is 0 Å². The van der Waals surface area contributed by atoms with Crippen molar-refractivity contribution in [2.24, 2.45) is 0 Å². The molecule has 1 nitrogen and oxygen atoms in total. The average molecular weight is 495 g/mol. The number of phenolic OH excluding ortho intramolecular Hbond substituents is 1. The van der Waals surface area contributed by atoms with E-state index in [4.69, 9.17) is 0 Å². The molecule has 9 aromatic rings. The molecule has 39 heavy (non-hydrogen) atoms. The maximum absolute atomic E-state index is 9.94. The number of fused-ring (bicyclic) bond motifs is 8. The Kier molecular flexibility index (Phi) is 3.99. The number of aromatic hydroxyl groups is 1. The first kappa shape index (κ1) is 20.9. The summed E-state index contributed by atoms with van der Waals surface area (Å²) in [4.78, 5) is 0. The minimum Gasteiger partial charge on any atom is -0.508 e. The van der Waals surface area contributed by atoms with Crippen LogP contribution in [0.4, 0.5) is 0 Å². The highest BCUT2D eigenvalue weighted by molar-refractivity contribution is 6.13. The van der Waals surface area contributed by atoms with E-state index in [2.05, 4.69) is 109 Å². The third-order valence-corrected chi connectivity index (χ3v) is 8.42. The first-order valence-corrected chi connectivity index (χ1v) is 13.4. The first-order valence-electron chi connectivity index (χ1n) is 13.4. The van der Waals surface area contributed by atoms with Gasteiger partial charge in [0.15, 0.2) is 0 Å². The molecule has 1 heteroatoms. The lowest BCUT2D eigenvalue weighted by atomic mass is 9.94. The monoisotopic (exact) mass is 494 g/mol. The molecule has 0 bridgehead atoms. The number of hydrogen-bond acceptors (Lipinski definition) is 1. The molecule has 180 valence electrons. The third kappa shape index (κ3) is 3.20. The molecule has 0 atom stereocenters. The predicted octanol–water partition coefficient (Wildman–Crippen LogP) is 10.6. The number of benzene rings is 9. The molecule has 9 aromatic carbocycles. The summed E-state index contributed by atoms with van der Waals surface area (Å²) in [6.07, 6.45) is 0. The fourth-order valence-electron chi connectivity index (χ4n) is 6.44. The highest BCUT2D eigenvalue weighted by atomic mass is 16.3. The topological polar surface area (TPSA) is 20.2 Å². The van der Waals surface area contributed by atoms with E-state index in [1.54, 1.807) is 6.07 Å². The summed E-state index contributed by atoms with van der Waals surface area (Å²) in [5.74, 6) is 0.300. The van der Waals surface area contributed by atoms with Gasteiger partial charge in [0.1, 0.15) is 5.75 Å². The summed E-state index contributed by atoms with van der Waals surface area (Å²) < 4.78 is 0. The molecule has 0 fully saturated rings. The van der Waals surface area contributed by atoms with Gasteiger partial charge in [-0.1, -0.05) is 30.3 Å². The van der Waals surface area contributed by atoms with Gasteiger partial charge in [0.25, 0.3) is 0 Å². The zero-order valence-electron chi connectivity index (χ0n) is 21.1. The van der Waals surface area contributed by atoms with Crippen molar-refractivity contribution < 1.29 is 5.11 Å². The lowest BCUT2D eigenvalue weighted by Gasteiger charge is -2.10. The molecular formula is C38H22O. The van der Waals surface area contributed by atoms with Gasteiger partial charge in [-0.15, -0.1) is 0 Å². The van der Waals surface area contributed by atoms with E-state index in [-0.39, 0.29) is 0 Å². The Labute approximate surface area is 224 Å².